The van der Waals surface area contributed by atoms with E-state index in [1.165, 1.54) is 12.8 Å². The molecule has 1 heterocycles. The molecular formula is C12H12Cl2N4. The van der Waals surface area contributed by atoms with Crippen LogP contribution in [0.4, 0.5) is 0 Å². The first-order valence-electron chi connectivity index (χ1n) is 5.82. The topological polar surface area (TPSA) is 42.7 Å². The van der Waals surface area contributed by atoms with Crippen molar-refractivity contribution in [3.05, 3.63) is 40.1 Å². The van der Waals surface area contributed by atoms with E-state index in [2.05, 4.69) is 15.5 Å². The van der Waals surface area contributed by atoms with Gasteiger partial charge in [-0.05, 0) is 31.0 Å². The summed E-state index contributed by atoms with van der Waals surface area (Å²) in [5.74, 6) is 0. The zero-order valence-electron chi connectivity index (χ0n) is 9.61. The molecule has 1 aliphatic carbocycles. The molecule has 4 nitrogen and oxygen atoms in total. The molecule has 1 aromatic heterocycles. The number of hydrogen-bond acceptors (Lipinski definition) is 3. The number of rotatable bonds is 4. The normalized spacial score (nSPS) is 15.0. The van der Waals surface area contributed by atoms with Crippen molar-refractivity contribution in [3.63, 3.8) is 0 Å². The molecule has 0 unspecified atom stereocenters. The Morgan fingerprint density at radius 2 is 2.11 bits per heavy atom. The van der Waals surface area contributed by atoms with Gasteiger partial charge in [0.15, 0.2) is 0 Å². The maximum atomic E-state index is 5.97. The van der Waals surface area contributed by atoms with E-state index < -0.39 is 0 Å². The molecule has 1 N–H and O–H groups in total. The van der Waals surface area contributed by atoms with Gasteiger partial charge in [-0.2, -0.15) is 15.0 Å². The van der Waals surface area contributed by atoms with E-state index in [1.807, 2.05) is 6.07 Å². The van der Waals surface area contributed by atoms with Crippen LogP contribution in [0.25, 0.3) is 5.69 Å². The minimum Gasteiger partial charge on any atom is -0.308 e. The SMILES string of the molecule is Clc1ccc(-n2ncc(CNC3CC3)n2)cc1Cl. The summed E-state index contributed by atoms with van der Waals surface area (Å²) in [6, 6.07) is 6.00. The number of aromatic nitrogens is 3. The van der Waals surface area contributed by atoms with Gasteiger partial charge in [-0.25, -0.2) is 0 Å². The Hall–Kier alpha value is -1.10. The summed E-state index contributed by atoms with van der Waals surface area (Å²) in [6.45, 7) is 0.756. The Morgan fingerprint density at radius 3 is 2.83 bits per heavy atom. The van der Waals surface area contributed by atoms with Gasteiger partial charge in [0.05, 0.1) is 27.6 Å². The fourth-order valence-electron chi connectivity index (χ4n) is 1.65. The van der Waals surface area contributed by atoms with Gasteiger partial charge in [0, 0.05) is 12.6 Å². The molecule has 1 aromatic carbocycles. The van der Waals surface area contributed by atoms with E-state index in [0.29, 0.717) is 16.1 Å². The molecule has 18 heavy (non-hydrogen) atoms. The van der Waals surface area contributed by atoms with Crippen molar-refractivity contribution < 1.29 is 0 Å². The Balaban J connectivity index is 1.76. The minimum absolute atomic E-state index is 0.504. The Kier molecular flexibility index (Phi) is 3.24. The summed E-state index contributed by atoms with van der Waals surface area (Å²) in [5, 5.41) is 13.0. The Labute approximate surface area is 115 Å². The molecule has 1 aliphatic rings. The van der Waals surface area contributed by atoms with E-state index in [4.69, 9.17) is 23.2 Å². The van der Waals surface area contributed by atoms with Gasteiger partial charge in [-0.3, -0.25) is 0 Å². The number of benzene rings is 1. The van der Waals surface area contributed by atoms with Gasteiger partial charge in [-0.1, -0.05) is 23.2 Å². The predicted molar refractivity (Wildman–Crippen MR) is 71.2 cm³/mol. The van der Waals surface area contributed by atoms with Crippen molar-refractivity contribution in [3.8, 4) is 5.69 Å². The van der Waals surface area contributed by atoms with Gasteiger partial charge in [-0.15, -0.1) is 0 Å². The fourth-order valence-corrected chi connectivity index (χ4v) is 1.94. The van der Waals surface area contributed by atoms with Gasteiger partial charge in [0.25, 0.3) is 0 Å². The molecule has 94 valence electrons. The van der Waals surface area contributed by atoms with Crippen LogP contribution in [-0.4, -0.2) is 21.0 Å². The van der Waals surface area contributed by atoms with E-state index in [0.717, 1.165) is 17.9 Å². The number of hydrogen-bond donors (Lipinski definition) is 1. The number of nitrogens with one attached hydrogen (secondary N) is 1. The molecule has 0 amide bonds. The van der Waals surface area contributed by atoms with E-state index >= 15 is 0 Å². The van der Waals surface area contributed by atoms with Gasteiger partial charge in [0.2, 0.25) is 0 Å². The highest BCUT2D eigenvalue weighted by Crippen LogP contribution is 2.24. The maximum Gasteiger partial charge on any atom is 0.0969 e. The smallest absolute Gasteiger partial charge is 0.0969 e. The van der Waals surface area contributed by atoms with Crippen LogP contribution in [-0.2, 0) is 6.54 Å². The van der Waals surface area contributed by atoms with Crippen LogP contribution in [0.2, 0.25) is 10.0 Å². The van der Waals surface area contributed by atoms with Crippen molar-refractivity contribution in [1.29, 1.82) is 0 Å². The predicted octanol–water partition coefficient (Wildman–Crippen LogP) is 2.83. The second-order valence-corrected chi connectivity index (χ2v) is 5.19. The largest absolute Gasteiger partial charge is 0.308 e. The molecular weight excluding hydrogens is 271 g/mol. The highest BCUT2D eigenvalue weighted by atomic mass is 35.5. The van der Waals surface area contributed by atoms with Crippen molar-refractivity contribution in [2.45, 2.75) is 25.4 Å². The molecule has 6 heteroatoms. The van der Waals surface area contributed by atoms with Gasteiger partial charge < -0.3 is 5.32 Å². The standard InChI is InChI=1S/C12H12Cl2N4/c13-11-4-3-10(5-12(11)14)18-16-7-9(17-18)6-15-8-1-2-8/h3-5,7-8,15H,1-2,6H2. The maximum absolute atomic E-state index is 5.97. The molecule has 1 fully saturated rings. The molecule has 3 rings (SSSR count). The molecule has 0 atom stereocenters. The first-order valence-corrected chi connectivity index (χ1v) is 6.58. The van der Waals surface area contributed by atoms with Crippen LogP contribution in [0, 0.1) is 0 Å². The molecule has 2 aromatic rings. The zero-order valence-corrected chi connectivity index (χ0v) is 11.1. The van der Waals surface area contributed by atoms with Crippen molar-refractivity contribution in [2.75, 3.05) is 0 Å². The van der Waals surface area contributed by atoms with Crippen molar-refractivity contribution >= 4 is 23.2 Å². The summed E-state index contributed by atoms with van der Waals surface area (Å²) >= 11 is 11.8. The lowest BCUT2D eigenvalue weighted by Gasteiger charge is -2.01. The quantitative estimate of drug-likeness (QED) is 0.938. The first-order chi connectivity index (χ1) is 8.72. The fraction of sp³-hybridized carbons (Fsp3) is 0.333. The summed E-state index contributed by atoms with van der Waals surface area (Å²) in [7, 11) is 0. The lowest BCUT2D eigenvalue weighted by molar-refractivity contribution is 0.658. The monoisotopic (exact) mass is 282 g/mol. The Morgan fingerprint density at radius 1 is 1.28 bits per heavy atom. The third-order valence-electron chi connectivity index (χ3n) is 2.82. The van der Waals surface area contributed by atoms with Gasteiger partial charge in [0.1, 0.15) is 0 Å². The van der Waals surface area contributed by atoms with Crippen LogP contribution in [0.1, 0.15) is 18.5 Å². The number of halogens is 2. The van der Waals surface area contributed by atoms with Crippen molar-refractivity contribution in [1.82, 2.24) is 20.3 Å². The average Bonchev–Trinajstić information content (AvgIpc) is 3.08. The highest BCUT2D eigenvalue weighted by molar-refractivity contribution is 6.42. The number of nitrogens with zero attached hydrogens (tertiary/aromatic N) is 3. The summed E-state index contributed by atoms with van der Waals surface area (Å²) in [6.07, 6.45) is 4.29. The molecule has 1 saturated carbocycles. The summed E-state index contributed by atoms with van der Waals surface area (Å²) in [4.78, 5) is 1.56. The average molecular weight is 283 g/mol. The minimum atomic E-state index is 0.504. The molecule has 0 bridgehead atoms. The van der Waals surface area contributed by atoms with Crippen LogP contribution in [0.15, 0.2) is 24.4 Å². The second-order valence-electron chi connectivity index (χ2n) is 4.38. The van der Waals surface area contributed by atoms with E-state index in [-0.39, 0.29) is 0 Å². The highest BCUT2D eigenvalue weighted by Gasteiger charge is 2.20. The second kappa shape index (κ2) is 4.88. The van der Waals surface area contributed by atoms with E-state index in [9.17, 15) is 0 Å². The van der Waals surface area contributed by atoms with Crippen molar-refractivity contribution in [2.24, 2.45) is 0 Å². The van der Waals surface area contributed by atoms with Gasteiger partial charge >= 0.3 is 0 Å². The molecule has 0 saturated heterocycles. The third kappa shape index (κ3) is 2.66. The van der Waals surface area contributed by atoms with Crippen LogP contribution >= 0.6 is 23.2 Å². The van der Waals surface area contributed by atoms with E-state index in [1.54, 1.807) is 23.1 Å². The molecule has 0 spiro atoms. The lowest BCUT2D eigenvalue weighted by Crippen LogP contribution is -2.15. The lowest BCUT2D eigenvalue weighted by atomic mass is 10.3. The zero-order chi connectivity index (χ0) is 12.5. The summed E-state index contributed by atoms with van der Waals surface area (Å²) in [5.41, 5.74) is 1.73. The third-order valence-corrected chi connectivity index (χ3v) is 3.56. The van der Waals surface area contributed by atoms with Crippen LogP contribution in [0.5, 0.6) is 0 Å². The Bertz CT molecular complexity index is 563. The molecule has 0 radical (unpaired) electrons. The summed E-state index contributed by atoms with van der Waals surface area (Å²) < 4.78 is 0. The van der Waals surface area contributed by atoms with Crippen LogP contribution < -0.4 is 5.32 Å². The van der Waals surface area contributed by atoms with Crippen LogP contribution in [0.3, 0.4) is 0 Å². The first kappa shape index (κ1) is 12.0. The molecule has 0 aliphatic heterocycles.